The van der Waals surface area contributed by atoms with Crippen molar-refractivity contribution in [2.75, 3.05) is 25.1 Å². The quantitative estimate of drug-likeness (QED) is 0.386. The highest BCUT2D eigenvalue weighted by atomic mass is 79.9. The number of nitrogens with zero attached hydrogens (tertiary/aromatic N) is 2. The van der Waals surface area contributed by atoms with E-state index in [1.54, 1.807) is 7.11 Å². The first-order chi connectivity index (χ1) is 9.15. The number of ether oxygens (including phenoxy) is 1. The molecule has 3 N–H and O–H groups in total. The molecule has 0 aromatic heterocycles. The fraction of sp³-hybridized carbons (Fsp3) is 0.462. The predicted molar refractivity (Wildman–Crippen MR) is 78.9 cm³/mol. The second-order valence-corrected chi connectivity index (χ2v) is 5.48. The topological polar surface area (TPSA) is 71.1 Å². The molecule has 0 atom stereocenters. The van der Waals surface area contributed by atoms with E-state index < -0.39 is 0 Å². The highest BCUT2D eigenvalue weighted by Gasteiger charge is 2.21. The van der Waals surface area contributed by atoms with E-state index in [-0.39, 0.29) is 5.84 Å². The third kappa shape index (κ3) is 3.19. The highest BCUT2D eigenvalue weighted by molar-refractivity contribution is 9.10. The van der Waals surface area contributed by atoms with E-state index in [2.05, 4.69) is 26.0 Å². The van der Waals surface area contributed by atoms with Crippen molar-refractivity contribution in [1.29, 1.82) is 0 Å². The molecular formula is C13H18BrN3O2. The Morgan fingerprint density at radius 1 is 1.47 bits per heavy atom. The molecule has 0 bridgehead atoms. The largest absolute Gasteiger partial charge is 0.409 e. The zero-order valence-electron chi connectivity index (χ0n) is 10.8. The van der Waals surface area contributed by atoms with Gasteiger partial charge in [-0.15, -0.1) is 0 Å². The van der Waals surface area contributed by atoms with Crippen LogP contribution in [0.1, 0.15) is 18.4 Å². The zero-order chi connectivity index (χ0) is 13.8. The number of methoxy groups -OCH3 is 1. The minimum atomic E-state index is 0.136. The molecule has 19 heavy (non-hydrogen) atoms. The van der Waals surface area contributed by atoms with E-state index in [1.807, 2.05) is 18.2 Å². The lowest BCUT2D eigenvalue weighted by Gasteiger charge is -2.34. The van der Waals surface area contributed by atoms with Gasteiger partial charge in [-0.05, 0) is 31.0 Å². The maximum Gasteiger partial charge on any atom is 0.172 e. The van der Waals surface area contributed by atoms with Crippen LogP contribution in [0.15, 0.2) is 27.8 Å². The maximum absolute atomic E-state index is 8.87. The number of rotatable bonds is 3. The summed E-state index contributed by atoms with van der Waals surface area (Å²) < 4.78 is 6.35. The highest BCUT2D eigenvalue weighted by Crippen LogP contribution is 2.28. The first-order valence-electron chi connectivity index (χ1n) is 6.21. The molecular weight excluding hydrogens is 310 g/mol. The number of oxime groups is 1. The smallest absolute Gasteiger partial charge is 0.172 e. The standard InChI is InChI=1S/C13H18BrN3O2/c1-19-10-4-6-17(7-5-10)12-8-9(14)2-3-11(12)13(15)16-18/h2-3,8,10,18H,4-7H2,1H3,(H2,15,16). The van der Waals surface area contributed by atoms with Crippen LogP contribution in [0.3, 0.4) is 0 Å². The molecule has 1 aliphatic heterocycles. The summed E-state index contributed by atoms with van der Waals surface area (Å²) in [4.78, 5) is 2.24. The number of halogens is 1. The van der Waals surface area contributed by atoms with E-state index in [9.17, 15) is 0 Å². The van der Waals surface area contributed by atoms with E-state index in [4.69, 9.17) is 15.7 Å². The van der Waals surface area contributed by atoms with Crippen LogP contribution in [0, 0.1) is 0 Å². The van der Waals surface area contributed by atoms with E-state index >= 15 is 0 Å². The first kappa shape index (κ1) is 14.1. The van der Waals surface area contributed by atoms with Crippen LogP contribution in [0.4, 0.5) is 5.69 Å². The van der Waals surface area contributed by atoms with E-state index in [0.717, 1.165) is 41.7 Å². The van der Waals surface area contributed by atoms with Gasteiger partial charge in [0.2, 0.25) is 0 Å². The lowest BCUT2D eigenvalue weighted by molar-refractivity contribution is 0.0819. The number of hydrogen-bond acceptors (Lipinski definition) is 4. The summed E-state index contributed by atoms with van der Waals surface area (Å²) >= 11 is 3.46. The van der Waals surface area contributed by atoms with Crippen LogP contribution in [0.25, 0.3) is 0 Å². The SMILES string of the molecule is COC1CCN(c2cc(Br)ccc2/C(N)=N/O)CC1. The van der Waals surface area contributed by atoms with Crippen molar-refractivity contribution in [1.82, 2.24) is 0 Å². The van der Waals surface area contributed by atoms with Gasteiger partial charge >= 0.3 is 0 Å². The predicted octanol–water partition coefficient (Wildman–Crippen LogP) is 2.16. The van der Waals surface area contributed by atoms with Crippen molar-refractivity contribution in [2.45, 2.75) is 18.9 Å². The third-order valence-corrected chi connectivity index (χ3v) is 3.95. The average Bonchev–Trinajstić information content (AvgIpc) is 2.46. The van der Waals surface area contributed by atoms with Crippen LogP contribution in [-0.2, 0) is 4.74 Å². The van der Waals surface area contributed by atoms with Gasteiger partial charge in [-0.2, -0.15) is 0 Å². The Labute approximate surface area is 121 Å². The van der Waals surface area contributed by atoms with Crippen LogP contribution in [0.2, 0.25) is 0 Å². The normalized spacial score (nSPS) is 17.8. The average molecular weight is 328 g/mol. The minimum Gasteiger partial charge on any atom is -0.409 e. The fourth-order valence-electron chi connectivity index (χ4n) is 2.37. The summed E-state index contributed by atoms with van der Waals surface area (Å²) in [6, 6.07) is 5.75. The van der Waals surface area contributed by atoms with Crippen molar-refractivity contribution < 1.29 is 9.94 Å². The van der Waals surface area contributed by atoms with Crippen molar-refractivity contribution >= 4 is 27.5 Å². The summed E-state index contributed by atoms with van der Waals surface area (Å²) in [5.41, 5.74) is 7.48. The van der Waals surface area contributed by atoms with Gasteiger partial charge in [-0.3, -0.25) is 0 Å². The second-order valence-electron chi connectivity index (χ2n) is 4.57. The summed E-state index contributed by atoms with van der Waals surface area (Å²) in [7, 11) is 1.75. The molecule has 2 rings (SSSR count). The van der Waals surface area contributed by atoms with Gasteiger partial charge in [0.15, 0.2) is 5.84 Å². The zero-order valence-corrected chi connectivity index (χ0v) is 12.4. The van der Waals surface area contributed by atoms with Crippen molar-refractivity contribution in [3.8, 4) is 0 Å². The van der Waals surface area contributed by atoms with Gasteiger partial charge < -0.3 is 20.6 Å². The number of hydrogen-bond donors (Lipinski definition) is 2. The molecule has 0 aliphatic carbocycles. The molecule has 6 heteroatoms. The van der Waals surface area contributed by atoms with E-state index in [0.29, 0.717) is 6.10 Å². The molecule has 1 aromatic rings. The number of piperidine rings is 1. The lowest BCUT2D eigenvalue weighted by Crippen LogP contribution is -2.37. The molecule has 0 radical (unpaired) electrons. The minimum absolute atomic E-state index is 0.136. The number of nitrogens with two attached hydrogens (primary N) is 1. The molecule has 0 spiro atoms. The number of amidine groups is 1. The van der Waals surface area contributed by atoms with Crippen molar-refractivity contribution in [2.24, 2.45) is 10.9 Å². The van der Waals surface area contributed by atoms with Crippen LogP contribution < -0.4 is 10.6 Å². The summed E-state index contributed by atoms with van der Waals surface area (Å²) in [6.45, 7) is 1.81. The van der Waals surface area contributed by atoms with Crippen molar-refractivity contribution in [3.05, 3.63) is 28.2 Å². The Kier molecular flexibility index (Phi) is 4.66. The fourth-order valence-corrected chi connectivity index (χ4v) is 2.72. The Morgan fingerprint density at radius 2 is 2.16 bits per heavy atom. The lowest BCUT2D eigenvalue weighted by atomic mass is 10.0. The van der Waals surface area contributed by atoms with Crippen LogP contribution >= 0.6 is 15.9 Å². The molecule has 1 fully saturated rings. The first-order valence-corrected chi connectivity index (χ1v) is 7.00. The Bertz CT molecular complexity index is 471. The van der Waals surface area contributed by atoms with Gasteiger partial charge in [0.1, 0.15) is 0 Å². The number of benzene rings is 1. The molecule has 104 valence electrons. The van der Waals surface area contributed by atoms with Gasteiger partial charge in [0, 0.05) is 35.9 Å². The molecule has 0 saturated carbocycles. The van der Waals surface area contributed by atoms with Gasteiger partial charge in [0.25, 0.3) is 0 Å². The molecule has 0 amide bonds. The van der Waals surface area contributed by atoms with E-state index in [1.165, 1.54) is 0 Å². The third-order valence-electron chi connectivity index (χ3n) is 3.46. The molecule has 1 heterocycles. The molecule has 0 unspecified atom stereocenters. The summed E-state index contributed by atoms with van der Waals surface area (Å²) in [6.07, 6.45) is 2.30. The molecule has 1 saturated heterocycles. The van der Waals surface area contributed by atoms with Crippen LogP contribution in [-0.4, -0.2) is 37.3 Å². The molecule has 1 aromatic carbocycles. The van der Waals surface area contributed by atoms with Gasteiger partial charge in [-0.1, -0.05) is 21.1 Å². The Hall–Kier alpha value is -1.27. The second kappa shape index (κ2) is 6.25. The van der Waals surface area contributed by atoms with Gasteiger partial charge in [-0.25, -0.2) is 0 Å². The molecule has 1 aliphatic rings. The molecule has 5 nitrogen and oxygen atoms in total. The maximum atomic E-state index is 8.87. The van der Waals surface area contributed by atoms with Crippen LogP contribution in [0.5, 0.6) is 0 Å². The van der Waals surface area contributed by atoms with Crippen molar-refractivity contribution in [3.63, 3.8) is 0 Å². The monoisotopic (exact) mass is 327 g/mol. The van der Waals surface area contributed by atoms with Gasteiger partial charge in [0.05, 0.1) is 6.10 Å². The number of anilines is 1. The summed E-state index contributed by atoms with van der Waals surface area (Å²) in [5, 5.41) is 12.0. The summed E-state index contributed by atoms with van der Waals surface area (Å²) in [5.74, 6) is 0.136. The Morgan fingerprint density at radius 3 is 2.74 bits per heavy atom. The Balaban J connectivity index is 2.26.